The van der Waals surface area contributed by atoms with Crippen LogP contribution in [0.5, 0.6) is 0 Å². The lowest BCUT2D eigenvalue weighted by molar-refractivity contribution is 0.0945. The van der Waals surface area contributed by atoms with Gasteiger partial charge in [0.05, 0.1) is 16.5 Å². The topological polar surface area (TPSA) is 95.4 Å². The number of nitrogens with zero attached hydrogens (tertiary/aromatic N) is 3. The predicted molar refractivity (Wildman–Crippen MR) is 158 cm³/mol. The molecular weight excluding hydrogens is 539 g/mol. The molecule has 7 nitrogen and oxygen atoms in total. The van der Waals surface area contributed by atoms with Gasteiger partial charge in [-0.3, -0.25) is 9.78 Å². The zero-order valence-electron chi connectivity index (χ0n) is 23.3. The summed E-state index contributed by atoms with van der Waals surface area (Å²) in [4.78, 5) is 22.3. The number of aliphatic hydroxyl groups is 1. The Bertz CT molecular complexity index is 1590. The first-order valence-corrected chi connectivity index (χ1v) is 14.6. The second-order valence-electron chi connectivity index (χ2n) is 11.0. The number of nitrogens with one attached hydrogen (secondary N) is 1. The molecule has 4 aromatic rings. The maximum absolute atomic E-state index is 14.2. The van der Waals surface area contributed by atoms with E-state index in [1.165, 1.54) is 6.07 Å². The highest BCUT2D eigenvalue weighted by atomic mass is 32.2. The normalized spacial score (nSPS) is 15.9. The summed E-state index contributed by atoms with van der Waals surface area (Å²) in [6.07, 6.45) is 3.83. The van der Waals surface area contributed by atoms with Crippen LogP contribution in [0.3, 0.4) is 0 Å². The number of hydrogen-bond donors (Lipinski definition) is 2. The second-order valence-corrected chi connectivity index (χ2v) is 13.2. The Balaban J connectivity index is 1.60. The molecule has 212 valence electrons. The Hall–Kier alpha value is -3.79. The molecule has 0 bridgehead atoms. The van der Waals surface area contributed by atoms with Crippen LogP contribution in [0, 0.1) is 5.82 Å². The zero-order chi connectivity index (χ0) is 29.1. The van der Waals surface area contributed by atoms with Gasteiger partial charge in [0, 0.05) is 48.8 Å². The van der Waals surface area contributed by atoms with Crippen molar-refractivity contribution in [2.75, 3.05) is 6.61 Å². The average Bonchev–Trinajstić information content (AvgIpc) is 3.34. The smallest absolute Gasteiger partial charge is 0.270 e. The number of carbonyl (C=O) groups excluding carboxylic acids is 1. The van der Waals surface area contributed by atoms with Crippen molar-refractivity contribution in [2.45, 2.75) is 51.1 Å². The number of aliphatic hydroxyl groups excluding tert-OH is 1. The molecular formula is C32H33FN4O3S. The number of halogens is 1. The van der Waals surface area contributed by atoms with Crippen LogP contribution in [0.15, 0.2) is 79.1 Å². The molecule has 0 saturated heterocycles. The van der Waals surface area contributed by atoms with Crippen LogP contribution in [0.25, 0.3) is 22.4 Å². The third kappa shape index (κ3) is 6.12. The van der Waals surface area contributed by atoms with Crippen molar-refractivity contribution in [3.63, 3.8) is 0 Å². The van der Waals surface area contributed by atoms with Crippen molar-refractivity contribution in [2.24, 2.45) is 0 Å². The van der Waals surface area contributed by atoms with Crippen molar-refractivity contribution >= 4 is 16.9 Å². The number of hydrogen-bond acceptors (Lipinski definition) is 5. The molecule has 41 heavy (non-hydrogen) atoms. The fourth-order valence-electron chi connectivity index (χ4n) is 5.10. The molecule has 0 spiro atoms. The van der Waals surface area contributed by atoms with E-state index in [0.29, 0.717) is 24.2 Å². The molecule has 1 aliphatic rings. The Kier molecular flexibility index (Phi) is 8.40. The SMILES string of the molecule is CC(C)(C)[S@@](=O)N1Cc2cc(C(=O)NCc3ccccc3F)nc(-c3cccc(-c4ccncc4)c3)c2[C@H]1CCO. The van der Waals surface area contributed by atoms with E-state index in [0.717, 1.165) is 27.8 Å². The molecule has 3 heterocycles. The number of carbonyl (C=O) groups is 1. The molecule has 0 unspecified atom stereocenters. The fraction of sp³-hybridized carbons (Fsp3) is 0.281. The predicted octanol–water partition coefficient (Wildman–Crippen LogP) is 5.58. The molecule has 5 rings (SSSR count). The van der Waals surface area contributed by atoms with Crippen LogP contribution in [0.1, 0.15) is 60.4 Å². The number of fused-ring (bicyclic) bond motifs is 1. The highest BCUT2D eigenvalue weighted by molar-refractivity contribution is 7.84. The lowest BCUT2D eigenvalue weighted by Gasteiger charge is -2.30. The van der Waals surface area contributed by atoms with Gasteiger partial charge in [-0.05, 0) is 74.2 Å². The number of amides is 1. The maximum Gasteiger partial charge on any atom is 0.270 e. The first-order chi connectivity index (χ1) is 19.7. The minimum Gasteiger partial charge on any atom is -0.396 e. The summed E-state index contributed by atoms with van der Waals surface area (Å²) < 4.78 is 29.2. The van der Waals surface area contributed by atoms with Crippen molar-refractivity contribution in [1.29, 1.82) is 0 Å². The van der Waals surface area contributed by atoms with Crippen LogP contribution < -0.4 is 5.32 Å². The third-order valence-corrected chi connectivity index (χ3v) is 8.93. The maximum atomic E-state index is 14.2. The van der Waals surface area contributed by atoms with Crippen LogP contribution in [0.2, 0.25) is 0 Å². The summed E-state index contributed by atoms with van der Waals surface area (Å²) in [6.45, 7) is 6.02. The molecule has 0 aliphatic carbocycles. The molecule has 2 aromatic carbocycles. The van der Waals surface area contributed by atoms with E-state index in [9.17, 15) is 18.5 Å². The number of benzene rings is 2. The highest BCUT2D eigenvalue weighted by Gasteiger charge is 2.40. The molecule has 2 N–H and O–H groups in total. The van der Waals surface area contributed by atoms with Crippen molar-refractivity contribution < 1.29 is 18.5 Å². The molecule has 2 atom stereocenters. The zero-order valence-corrected chi connectivity index (χ0v) is 24.1. The summed E-state index contributed by atoms with van der Waals surface area (Å²) in [5, 5.41) is 12.8. The molecule has 9 heteroatoms. The number of pyridine rings is 2. The summed E-state index contributed by atoms with van der Waals surface area (Å²) in [6, 6.07) is 19.4. The monoisotopic (exact) mass is 572 g/mol. The first kappa shape index (κ1) is 28.7. The Morgan fingerprint density at radius 2 is 1.78 bits per heavy atom. The van der Waals surface area contributed by atoms with Gasteiger partial charge in [0.25, 0.3) is 5.91 Å². The van der Waals surface area contributed by atoms with Crippen molar-refractivity contribution in [3.8, 4) is 22.4 Å². The van der Waals surface area contributed by atoms with Crippen molar-refractivity contribution in [1.82, 2.24) is 19.6 Å². The summed E-state index contributed by atoms with van der Waals surface area (Å²) in [5.41, 5.74) is 5.59. The lowest BCUT2D eigenvalue weighted by atomic mass is 9.94. The van der Waals surface area contributed by atoms with Gasteiger partial charge in [-0.15, -0.1) is 0 Å². The average molecular weight is 573 g/mol. The van der Waals surface area contributed by atoms with Crippen LogP contribution in [-0.2, 0) is 24.1 Å². The van der Waals surface area contributed by atoms with Crippen LogP contribution in [-0.4, -0.2) is 40.8 Å². The minimum atomic E-state index is -1.37. The Morgan fingerprint density at radius 3 is 2.49 bits per heavy atom. The van der Waals surface area contributed by atoms with E-state index >= 15 is 0 Å². The van der Waals surface area contributed by atoms with Gasteiger partial charge in [0.1, 0.15) is 22.5 Å². The van der Waals surface area contributed by atoms with E-state index in [2.05, 4.69) is 10.3 Å². The van der Waals surface area contributed by atoms with Gasteiger partial charge >= 0.3 is 0 Å². The van der Waals surface area contributed by atoms with E-state index in [1.807, 2.05) is 61.5 Å². The molecule has 0 saturated carbocycles. The third-order valence-electron chi connectivity index (χ3n) is 7.07. The van der Waals surface area contributed by atoms with Gasteiger partial charge < -0.3 is 10.4 Å². The lowest BCUT2D eigenvalue weighted by Crippen LogP contribution is -2.36. The van der Waals surface area contributed by atoms with Gasteiger partial charge in [-0.1, -0.05) is 36.4 Å². The summed E-state index contributed by atoms with van der Waals surface area (Å²) in [5.74, 6) is -0.827. The van der Waals surface area contributed by atoms with Gasteiger partial charge in [0.15, 0.2) is 0 Å². The van der Waals surface area contributed by atoms with E-state index in [1.54, 1.807) is 36.7 Å². The van der Waals surface area contributed by atoms with Crippen molar-refractivity contribution in [3.05, 3.63) is 107 Å². The first-order valence-electron chi connectivity index (χ1n) is 13.5. The molecule has 0 fully saturated rings. The largest absolute Gasteiger partial charge is 0.396 e. The fourth-order valence-corrected chi connectivity index (χ4v) is 6.51. The summed E-state index contributed by atoms with van der Waals surface area (Å²) >= 11 is 0. The van der Waals surface area contributed by atoms with Crippen LogP contribution >= 0.6 is 0 Å². The number of rotatable bonds is 8. The summed E-state index contributed by atoms with van der Waals surface area (Å²) in [7, 11) is -1.37. The van der Waals surface area contributed by atoms with Gasteiger partial charge in [0.2, 0.25) is 0 Å². The minimum absolute atomic E-state index is 0.0183. The molecule has 1 aliphatic heterocycles. The number of aromatic nitrogens is 2. The standard InChI is InChI=1S/C32H33FN4O3S/c1-32(2,3)41(40)37-20-25-18-27(31(39)35-19-24-7-4-5-10-26(24)33)36-30(29(25)28(37)13-16-38)23-9-6-8-22(17-23)21-11-14-34-15-12-21/h4-12,14-15,17-18,28,38H,13,16,19-20H2,1-3H3,(H,35,39)/t28-,41-/m1/s1. The van der Waals surface area contributed by atoms with E-state index in [4.69, 9.17) is 4.98 Å². The second kappa shape index (κ2) is 12.0. The van der Waals surface area contributed by atoms with Gasteiger partial charge in [-0.2, -0.15) is 0 Å². The molecule has 1 amide bonds. The Labute approximate surface area is 242 Å². The van der Waals surface area contributed by atoms with Crippen LogP contribution in [0.4, 0.5) is 4.39 Å². The molecule has 0 radical (unpaired) electrons. The quantitative estimate of drug-likeness (QED) is 0.287. The highest BCUT2D eigenvalue weighted by Crippen LogP contribution is 2.44. The van der Waals surface area contributed by atoms with E-state index < -0.39 is 27.5 Å². The van der Waals surface area contributed by atoms with Gasteiger partial charge in [-0.25, -0.2) is 17.9 Å². The molecule has 2 aromatic heterocycles. The Morgan fingerprint density at radius 1 is 1.05 bits per heavy atom. The van der Waals surface area contributed by atoms with E-state index in [-0.39, 0.29) is 24.9 Å².